The lowest BCUT2D eigenvalue weighted by Gasteiger charge is -2.08. The van der Waals surface area contributed by atoms with Gasteiger partial charge in [-0.15, -0.1) is 0 Å². The van der Waals surface area contributed by atoms with Crippen LogP contribution in [0.15, 0.2) is 36.4 Å². The van der Waals surface area contributed by atoms with Crippen molar-refractivity contribution in [3.8, 4) is 0 Å². The van der Waals surface area contributed by atoms with E-state index in [9.17, 15) is 22.4 Å². The van der Waals surface area contributed by atoms with Gasteiger partial charge in [-0.2, -0.15) is 13.2 Å². The second kappa shape index (κ2) is 5.81. The Bertz CT molecular complexity index is 668. The predicted octanol–water partition coefficient (Wildman–Crippen LogP) is 4.32. The van der Waals surface area contributed by atoms with Gasteiger partial charge in [0.1, 0.15) is 16.7 Å². The zero-order valence-corrected chi connectivity index (χ0v) is 11.2. The minimum Gasteiger partial charge on any atom is -0.294 e. The molecule has 110 valence electrons. The van der Waals surface area contributed by atoms with Gasteiger partial charge in [0, 0.05) is 6.42 Å². The summed E-state index contributed by atoms with van der Waals surface area (Å²) in [6.45, 7) is 0. The van der Waals surface area contributed by atoms with E-state index in [-0.39, 0.29) is 12.0 Å². The van der Waals surface area contributed by atoms with Crippen LogP contribution >= 0.6 is 11.6 Å². The van der Waals surface area contributed by atoms with E-state index in [1.165, 1.54) is 24.3 Å². The Morgan fingerprint density at radius 3 is 2.24 bits per heavy atom. The lowest BCUT2D eigenvalue weighted by molar-refractivity contribution is -0.141. The number of carbonyl (C=O) groups is 1. The van der Waals surface area contributed by atoms with Crippen LogP contribution in [0.25, 0.3) is 0 Å². The molecule has 0 aliphatic rings. The van der Waals surface area contributed by atoms with Crippen molar-refractivity contribution in [2.75, 3.05) is 0 Å². The van der Waals surface area contributed by atoms with Crippen LogP contribution in [0.1, 0.15) is 21.6 Å². The Kier molecular flexibility index (Phi) is 4.27. The van der Waals surface area contributed by atoms with Gasteiger partial charge in [0.2, 0.25) is 0 Å². The molecule has 2 nitrogen and oxygen atoms in total. The molecule has 0 aliphatic heterocycles. The average molecular weight is 318 g/mol. The van der Waals surface area contributed by atoms with Crippen molar-refractivity contribution in [1.82, 2.24) is 4.98 Å². The van der Waals surface area contributed by atoms with Crippen molar-refractivity contribution in [3.05, 3.63) is 64.2 Å². The van der Waals surface area contributed by atoms with Crippen LogP contribution < -0.4 is 0 Å². The average Bonchev–Trinajstić information content (AvgIpc) is 2.40. The second-order valence-corrected chi connectivity index (χ2v) is 4.62. The maximum Gasteiger partial charge on any atom is 0.433 e. The summed E-state index contributed by atoms with van der Waals surface area (Å²) in [6.07, 6.45) is -4.73. The first-order valence-corrected chi connectivity index (χ1v) is 6.16. The molecule has 21 heavy (non-hydrogen) atoms. The van der Waals surface area contributed by atoms with Gasteiger partial charge in [0.25, 0.3) is 0 Å². The molecule has 7 heteroatoms. The molecule has 2 rings (SSSR count). The summed E-state index contributed by atoms with van der Waals surface area (Å²) in [5.41, 5.74) is -0.739. The maximum absolute atomic E-state index is 12.7. The van der Waals surface area contributed by atoms with Gasteiger partial charge in [0.15, 0.2) is 5.78 Å². The number of pyridine rings is 1. The molecule has 0 aliphatic carbocycles. The highest BCUT2D eigenvalue weighted by Crippen LogP contribution is 2.29. The third-order valence-electron chi connectivity index (χ3n) is 2.72. The molecule has 0 amide bonds. The van der Waals surface area contributed by atoms with Crippen LogP contribution in [0.5, 0.6) is 0 Å². The van der Waals surface area contributed by atoms with E-state index in [2.05, 4.69) is 4.98 Å². The lowest BCUT2D eigenvalue weighted by Crippen LogP contribution is -2.11. The third-order valence-corrected chi connectivity index (χ3v) is 3.01. The van der Waals surface area contributed by atoms with E-state index >= 15 is 0 Å². The van der Waals surface area contributed by atoms with Crippen LogP contribution in [0.2, 0.25) is 5.15 Å². The van der Waals surface area contributed by atoms with Crippen LogP contribution in [-0.4, -0.2) is 10.8 Å². The summed E-state index contributed by atoms with van der Waals surface area (Å²) < 4.78 is 50.1. The van der Waals surface area contributed by atoms with Crippen LogP contribution in [-0.2, 0) is 12.6 Å². The minimum atomic E-state index is -4.62. The van der Waals surface area contributed by atoms with E-state index in [0.717, 1.165) is 6.07 Å². The SMILES string of the molecule is O=C(Cc1ccc(F)cc1)c1ccc(C(F)(F)F)nc1Cl. The highest BCUT2D eigenvalue weighted by molar-refractivity contribution is 6.32. The number of halogens is 5. The largest absolute Gasteiger partial charge is 0.433 e. The number of ketones is 1. The third kappa shape index (κ3) is 3.78. The van der Waals surface area contributed by atoms with Crippen LogP contribution in [0.4, 0.5) is 17.6 Å². The number of carbonyl (C=O) groups excluding carboxylic acids is 1. The molecular weight excluding hydrogens is 310 g/mol. The van der Waals surface area contributed by atoms with Crippen LogP contribution in [0.3, 0.4) is 0 Å². The standard InChI is InChI=1S/C14H8ClF4NO/c15-13-10(5-6-12(20-13)14(17,18)19)11(21)7-8-1-3-9(16)4-2-8/h1-6H,7H2. The highest BCUT2D eigenvalue weighted by atomic mass is 35.5. The molecule has 0 unspecified atom stereocenters. The van der Waals surface area contributed by atoms with E-state index in [0.29, 0.717) is 11.6 Å². The number of nitrogens with zero attached hydrogens (tertiary/aromatic N) is 1. The van der Waals surface area contributed by atoms with Crippen molar-refractivity contribution in [2.45, 2.75) is 12.6 Å². The molecule has 0 N–H and O–H groups in total. The van der Waals surface area contributed by atoms with Gasteiger partial charge in [-0.05, 0) is 29.8 Å². The molecule has 1 heterocycles. The summed E-state index contributed by atoms with van der Waals surface area (Å²) in [4.78, 5) is 15.2. The molecule has 1 aromatic heterocycles. The molecule has 0 saturated heterocycles. The van der Waals surface area contributed by atoms with Crippen molar-refractivity contribution >= 4 is 17.4 Å². The number of hydrogen-bond donors (Lipinski definition) is 0. The first-order chi connectivity index (χ1) is 9.77. The van der Waals surface area contributed by atoms with Gasteiger partial charge < -0.3 is 0 Å². The molecule has 0 radical (unpaired) electrons. The zero-order chi connectivity index (χ0) is 15.6. The van der Waals surface area contributed by atoms with Crippen LogP contribution in [0, 0.1) is 5.82 Å². The summed E-state index contributed by atoms with van der Waals surface area (Å²) in [7, 11) is 0. The lowest BCUT2D eigenvalue weighted by atomic mass is 10.0. The van der Waals surface area contributed by atoms with Crippen molar-refractivity contribution in [1.29, 1.82) is 0 Å². The fourth-order valence-electron chi connectivity index (χ4n) is 1.68. The number of benzene rings is 1. The van der Waals surface area contributed by atoms with Crippen molar-refractivity contribution in [2.24, 2.45) is 0 Å². The Balaban J connectivity index is 2.22. The molecule has 0 fully saturated rings. The molecule has 0 bridgehead atoms. The Morgan fingerprint density at radius 2 is 1.71 bits per heavy atom. The summed E-state index contributed by atoms with van der Waals surface area (Å²) in [5, 5.41) is -0.503. The van der Waals surface area contributed by atoms with E-state index in [1.807, 2.05) is 0 Å². The highest BCUT2D eigenvalue weighted by Gasteiger charge is 2.33. The molecule has 0 atom stereocenters. The number of Topliss-reactive ketones (excluding diaryl/α,β-unsaturated/α-hetero) is 1. The van der Waals surface area contributed by atoms with Gasteiger partial charge in [0.05, 0.1) is 5.56 Å². The maximum atomic E-state index is 12.7. The zero-order valence-electron chi connectivity index (χ0n) is 10.4. The normalized spacial score (nSPS) is 11.5. The number of hydrogen-bond acceptors (Lipinski definition) is 2. The first kappa shape index (κ1) is 15.4. The minimum absolute atomic E-state index is 0.103. The number of aromatic nitrogens is 1. The van der Waals surface area contributed by atoms with Gasteiger partial charge in [-0.1, -0.05) is 23.7 Å². The summed E-state index contributed by atoms with van der Waals surface area (Å²) in [6, 6.07) is 6.90. The fraction of sp³-hybridized carbons (Fsp3) is 0.143. The van der Waals surface area contributed by atoms with Crippen molar-refractivity contribution in [3.63, 3.8) is 0 Å². The summed E-state index contributed by atoms with van der Waals surface area (Å²) >= 11 is 5.63. The second-order valence-electron chi connectivity index (χ2n) is 4.26. The van der Waals surface area contributed by atoms with Crippen molar-refractivity contribution < 1.29 is 22.4 Å². The monoisotopic (exact) mass is 317 g/mol. The smallest absolute Gasteiger partial charge is 0.294 e. The Hall–Kier alpha value is -1.95. The number of rotatable bonds is 3. The molecule has 2 aromatic rings. The molecular formula is C14H8ClF4NO. The quantitative estimate of drug-likeness (QED) is 0.479. The predicted molar refractivity (Wildman–Crippen MR) is 68.7 cm³/mol. The van der Waals surface area contributed by atoms with Gasteiger partial charge >= 0.3 is 6.18 Å². The van der Waals surface area contributed by atoms with E-state index in [1.54, 1.807) is 0 Å². The molecule has 0 spiro atoms. The molecule has 1 aromatic carbocycles. The topological polar surface area (TPSA) is 30.0 Å². The van der Waals surface area contributed by atoms with Gasteiger partial charge in [-0.3, -0.25) is 4.79 Å². The van der Waals surface area contributed by atoms with E-state index < -0.39 is 28.6 Å². The van der Waals surface area contributed by atoms with E-state index in [4.69, 9.17) is 11.6 Å². The molecule has 0 saturated carbocycles. The number of alkyl halides is 3. The Morgan fingerprint density at radius 1 is 1.10 bits per heavy atom. The van der Waals surface area contributed by atoms with Gasteiger partial charge in [-0.25, -0.2) is 9.37 Å². The Labute approximate surface area is 122 Å². The fourth-order valence-corrected chi connectivity index (χ4v) is 1.94. The summed E-state index contributed by atoms with van der Waals surface area (Å²) in [5.74, 6) is -0.937. The first-order valence-electron chi connectivity index (χ1n) is 5.79.